The molecule has 24 heavy (non-hydrogen) atoms. The second kappa shape index (κ2) is 8.30. The molecule has 2 aliphatic rings. The van der Waals surface area contributed by atoms with E-state index in [9.17, 15) is 9.59 Å². The lowest BCUT2D eigenvalue weighted by atomic mass is 10.1. The van der Waals surface area contributed by atoms with Crippen molar-refractivity contribution in [3.63, 3.8) is 0 Å². The highest BCUT2D eigenvalue weighted by atomic mass is 16.2. The zero-order valence-corrected chi connectivity index (χ0v) is 15.8. The molecule has 0 bridgehead atoms. The summed E-state index contributed by atoms with van der Waals surface area (Å²) in [7, 11) is 0. The first-order chi connectivity index (χ1) is 11.3. The number of rotatable bonds is 4. The van der Waals surface area contributed by atoms with Gasteiger partial charge in [0.15, 0.2) is 0 Å². The number of carbonyl (C=O) groups excluding carboxylic acids is 2. The highest BCUT2D eigenvalue weighted by Crippen LogP contribution is 2.11. The second-order valence-corrected chi connectivity index (χ2v) is 8.17. The Morgan fingerprint density at radius 2 is 1.54 bits per heavy atom. The molecule has 6 nitrogen and oxygen atoms in total. The fourth-order valence-corrected chi connectivity index (χ4v) is 3.38. The molecule has 1 atom stereocenters. The Kier molecular flexibility index (Phi) is 6.63. The van der Waals surface area contributed by atoms with Gasteiger partial charge in [0.2, 0.25) is 11.8 Å². The molecular weight excluding hydrogens is 304 g/mol. The van der Waals surface area contributed by atoms with Crippen molar-refractivity contribution < 1.29 is 9.59 Å². The van der Waals surface area contributed by atoms with Crippen LogP contribution in [-0.2, 0) is 9.59 Å². The van der Waals surface area contributed by atoms with Gasteiger partial charge in [-0.3, -0.25) is 19.4 Å². The Bertz CT molecular complexity index is 433. The number of piperazine rings is 1. The third kappa shape index (κ3) is 5.74. The molecule has 2 fully saturated rings. The van der Waals surface area contributed by atoms with Gasteiger partial charge in [-0.2, -0.15) is 0 Å². The minimum atomic E-state index is -0.200. The van der Waals surface area contributed by atoms with E-state index < -0.39 is 0 Å². The van der Waals surface area contributed by atoms with E-state index in [0.29, 0.717) is 6.54 Å². The van der Waals surface area contributed by atoms with E-state index >= 15 is 0 Å². The molecule has 0 saturated carbocycles. The smallest absolute Gasteiger partial charge is 0.237 e. The lowest BCUT2D eigenvalue weighted by Crippen LogP contribution is -2.57. The van der Waals surface area contributed by atoms with Crippen LogP contribution in [0.4, 0.5) is 0 Å². The monoisotopic (exact) mass is 338 g/mol. The molecule has 0 aromatic rings. The summed E-state index contributed by atoms with van der Waals surface area (Å²) in [6.45, 7) is 13.7. The molecular formula is C18H34N4O2. The molecule has 0 radical (unpaired) electrons. The summed E-state index contributed by atoms with van der Waals surface area (Å²) in [6, 6.07) is -0.121. The first kappa shape index (κ1) is 19.2. The number of hydrogen-bond donors (Lipinski definition) is 1. The fourth-order valence-electron chi connectivity index (χ4n) is 3.38. The van der Waals surface area contributed by atoms with Crippen LogP contribution >= 0.6 is 0 Å². The van der Waals surface area contributed by atoms with Gasteiger partial charge >= 0.3 is 0 Å². The van der Waals surface area contributed by atoms with Crippen LogP contribution in [-0.4, -0.2) is 83.9 Å². The van der Waals surface area contributed by atoms with Crippen LogP contribution in [0.1, 0.15) is 47.0 Å². The summed E-state index contributed by atoms with van der Waals surface area (Å²) in [4.78, 5) is 31.1. The second-order valence-electron chi connectivity index (χ2n) is 8.17. The van der Waals surface area contributed by atoms with Gasteiger partial charge in [-0.1, -0.05) is 0 Å². The van der Waals surface area contributed by atoms with E-state index in [1.54, 1.807) is 0 Å². The number of nitrogens with zero attached hydrogens (tertiary/aromatic N) is 3. The fraction of sp³-hybridized carbons (Fsp3) is 0.889. The molecule has 2 aliphatic heterocycles. The van der Waals surface area contributed by atoms with Gasteiger partial charge in [-0.05, 0) is 47.0 Å². The minimum Gasteiger partial charge on any atom is -0.350 e. The summed E-state index contributed by atoms with van der Waals surface area (Å²) in [5.74, 6) is 0.349. The topological polar surface area (TPSA) is 55.9 Å². The van der Waals surface area contributed by atoms with Gasteiger partial charge in [0.05, 0.1) is 12.6 Å². The summed E-state index contributed by atoms with van der Waals surface area (Å²) in [5.41, 5.74) is -0.200. The van der Waals surface area contributed by atoms with Crippen LogP contribution in [0.3, 0.4) is 0 Å². The van der Waals surface area contributed by atoms with Gasteiger partial charge in [-0.25, -0.2) is 0 Å². The maximum Gasteiger partial charge on any atom is 0.237 e. The van der Waals surface area contributed by atoms with E-state index in [4.69, 9.17) is 0 Å². The van der Waals surface area contributed by atoms with Gasteiger partial charge in [0.25, 0.3) is 0 Å². The lowest BCUT2D eigenvalue weighted by Gasteiger charge is -2.38. The lowest BCUT2D eigenvalue weighted by molar-refractivity contribution is -0.134. The van der Waals surface area contributed by atoms with Crippen LogP contribution in [0.25, 0.3) is 0 Å². The molecule has 0 unspecified atom stereocenters. The Balaban J connectivity index is 1.74. The van der Waals surface area contributed by atoms with E-state index in [-0.39, 0.29) is 23.4 Å². The molecule has 0 aromatic carbocycles. The summed E-state index contributed by atoms with van der Waals surface area (Å²) < 4.78 is 0. The first-order valence-electron chi connectivity index (χ1n) is 9.32. The zero-order chi connectivity index (χ0) is 17.7. The van der Waals surface area contributed by atoms with Crippen LogP contribution in [0.2, 0.25) is 0 Å². The molecule has 0 spiro atoms. The molecule has 0 aliphatic carbocycles. The molecule has 1 N–H and O–H groups in total. The standard InChI is InChI=1S/C18H34N4O2/c1-15(17(24)19-18(2,3)4)21-12-10-20(11-13-21)14-16(23)22-8-6-5-7-9-22/h15H,5-14H2,1-4H3,(H,19,24)/t15-/m1/s1. The maximum absolute atomic E-state index is 12.4. The Morgan fingerprint density at radius 3 is 2.08 bits per heavy atom. The van der Waals surface area contributed by atoms with E-state index in [1.165, 1.54) is 6.42 Å². The molecule has 2 amide bonds. The summed E-state index contributed by atoms with van der Waals surface area (Å²) in [6.07, 6.45) is 3.52. The van der Waals surface area contributed by atoms with Crippen LogP contribution < -0.4 is 5.32 Å². The molecule has 138 valence electrons. The number of amides is 2. The van der Waals surface area contributed by atoms with Crippen molar-refractivity contribution in [3.8, 4) is 0 Å². The zero-order valence-electron chi connectivity index (χ0n) is 15.8. The molecule has 2 saturated heterocycles. The maximum atomic E-state index is 12.4. The van der Waals surface area contributed by atoms with Crippen LogP contribution in [0.15, 0.2) is 0 Å². The third-order valence-corrected chi connectivity index (χ3v) is 4.90. The van der Waals surface area contributed by atoms with E-state index in [1.807, 2.05) is 32.6 Å². The quantitative estimate of drug-likeness (QED) is 0.828. The summed E-state index contributed by atoms with van der Waals surface area (Å²) in [5, 5.41) is 3.05. The molecule has 2 heterocycles. The normalized spacial score (nSPS) is 22.2. The number of nitrogens with one attached hydrogen (secondary N) is 1. The van der Waals surface area contributed by atoms with Gasteiger partial charge in [0, 0.05) is 44.8 Å². The van der Waals surface area contributed by atoms with Gasteiger partial charge in [-0.15, -0.1) is 0 Å². The number of hydrogen-bond acceptors (Lipinski definition) is 4. The highest BCUT2D eigenvalue weighted by molar-refractivity contribution is 5.82. The van der Waals surface area contributed by atoms with Crippen molar-refractivity contribution in [3.05, 3.63) is 0 Å². The van der Waals surface area contributed by atoms with Gasteiger partial charge < -0.3 is 10.2 Å². The predicted octanol–water partition coefficient (Wildman–Crippen LogP) is 0.920. The van der Waals surface area contributed by atoms with Crippen LogP contribution in [0, 0.1) is 0 Å². The predicted molar refractivity (Wildman–Crippen MR) is 95.8 cm³/mol. The Morgan fingerprint density at radius 1 is 0.958 bits per heavy atom. The molecule has 6 heteroatoms. The van der Waals surface area contributed by atoms with E-state index in [0.717, 1.165) is 52.1 Å². The Labute approximate surface area is 146 Å². The number of likely N-dealkylation sites (tertiary alicyclic amines) is 1. The van der Waals surface area contributed by atoms with Crippen molar-refractivity contribution in [2.45, 2.75) is 58.5 Å². The number of carbonyl (C=O) groups is 2. The highest BCUT2D eigenvalue weighted by Gasteiger charge is 2.28. The summed E-state index contributed by atoms with van der Waals surface area (Å²) >= 11 is 0. The first-order valence-corrected chi connectivity index (χ1v) is 9.32. The van der Waals surface area contributed by atoms with Crippen LogP contribution in [0.5, 0.6) is 0 Å². The number of piperidine rings is 1. The van der Waals surface area contributed by atoms with E-state index in [2.05, 4.69) is 15.1 Å². The minimum absolute atomic E-state index is 0.0837. The molecule has 0 aromatic heterocycles. The van der Waals surface area contributed by atoms with Crippen molar-refractivity contribution in [1.82, 2.24) is 20.0 Å². The average molecular weight is 338 g/mol. The molecule has 2 rings (SSSR count). The third-order valence-electron chi connectivity index (χ3n) is 4.90. The van der Waals surface area contributed by atoms with Crippen molar-refractivity contribution >= 4 is 11.8 Å². The average Bonchev–Trinajstić information content (AvgIpc) is 2.54. The van der Waals surface area contributed by atoms with Gasteiger partial charge in [0.1, 0.15) is 0 Å². The van der Waals surface area contributed by atoms with Crippen molar-refractivity contribution in [2.75, 3.05) is 45.8 Å². The SMILES string of the molecule is C[C@H](C(=O)NC(C)(C)C)N1CCN(CC(=O)N2CCCCC2)CC1. The Hall–Kier alpha value is -1.14. The largest absolute Gasteiger partial charge is 0.350 e. The van der Waals surface area contributed by atoms with Crippen molar-refractivity contribution in [2.24, 2.45) is 0 Å². The van der Waals surface area contributed by atoms with Crippen molar-refractivity contribution in [1.29, 1.82) is 0 Å².